The molecule has 18 heavy (non-hydrogen) atoms. The van der Waals surface area contributed by atoms with E-state index in [2.05, 4.69) is 28.1 Å². The van der Waals surface area contributed by atoms with E-state index < -0.39 is 0 Å². The predicted molar refractivity (Wildman–Crippen MR) is 74.0 cm³/mol. The molecule has 1 aliphatic rings. The Morgan fingerprint density at radius 3 is 2.89 bits per heavy atom. The van der Waals surface area contributed by atoms with Crippen LogP contribution in [0.15, 0.2) is 22.7 Å². The third-order valence-corrected chi connectivity index (χ3v) is 4.15. The summed E-state index contributed by atoms with van der Waals surface area (Å²) in [4.78, 5) is 0. The van der Waals surface area contributed by atoms with Crippen molar-refractivity contribution in [3.05, 3.63) is 28.2 Å². The van der Waals surface area contributed by atoms with Gasteiger partial charge in [-0.05, 0) is 52.9 Å². The monoisotopic (exact) mass is 314 g/mol. The highest BCUT2D eigenvalue weighted by atomic mass is 79.9. The van der Waals surface area contributed by atoms with Crippen LogP contribution in [0.25, 0.3) is 0 Å². The second kappa shape index (κ2) is 6.04. The first kappa shape index (κ1) is 13.8. The van der Waals surface area contributed by atoms with Crippen molar-refractivity contribution in [3.63, 3.8) is 0 Å². The lowest BCUT2D eigenvalue weighted by Gasteiger charge is -2.35. The summed E-state index contributed by atoms with van der Waals surface area (Å²) in [7, 11) is 1.66. The first-order valence-corrected chi connectivity index (χ1v) is 6.99. The van der Waals surface area contributed by atoms with Gasteiger partial charge in [-0.1, -0.05) is 6.07 Å². The van der Waals surface area contributed by atoms with Crippen LogP contribution in [0.3, 0.4) is 0 Å². The van der Waals surface area contributed by atoms with Gasteiger partial charge in [-0.3, -0.25) is 0 Å². The van der Waals surface area contributed by atoms with Crippen LogP contribution in [0.5, 0.6) is 5.75 Å². The average molecular weight is 315 g/mol. The standard InChI is InChI=1S/C14H19BrO3/c1-17-13-4-3-11(7-12(13)15)8-14(9-16)5-2-6-18-10-14/h3-4,7,16H,2,5-6,8-10H2,1H3. The lowest BCUT2D eigenvalue weighted by Crippen LogP contribution is -2.37. The fraction of sp³-hybridized carbons (Fsp3) is 0.571. The van der Waals surface area contributed by atoms with Crippen molar-refractivity contribution < 1.29 is 14.6 Å². The minimum atomic E-state index is -0.119. The van der Waals surface area contributed by atoms with Gasteiger partial charge in [-0.15, -0.1) is 0 Å². The summed E-state index contributed by atoms with van der Waals surface area (Å²) >= 11 is 3.49. The van der Waals surface area contributed by atoms with Gasteiger partial charge in [0.25, 0.3) is 0 Å². The second-order valence-electron chi connectivity index (χ2n) is 4.96. The van der Waals surface area contributed by atoms with E-state index in [4.69, 9.17) is 9.47 Å². The van der Waals surface area contributed by atoms with Gasteiger partial charge in [0, 0.05) is 12.0 Å². The van der Waals surface area contributed by atoms with Crippen molar-refractivity contribution in [1.29, 1.82) is 0 Å². The van der Waals surface area contributed by atoms with Crippen molar-refractivity contribution in [2.45, 2.75) is 19.3 Å². The van der Waals surface area contributed by atoms with Gasteiger partial charge in [0.15, 0.2) is 0 Å². The smallest absolute Gasteiger partial charge is 0.133 e. The van der Waals surface area contributed by atoms with Gasteiger partial charge in [-0.2, -0.15) is 0 Å². The molecule has 100 valence electrons. The van der Waals surface area contributed by atoms with E-state index in [-0.39, 0.29) is 12.0 Å². The van der Waals surface area contributed by atoms with Crippen LogP contribution in [0.2, 0.25) is 0 Å². The van der Waals surface area contributed by atoms with Crippen LogP contribution in [0.1, 0.15) is 18.4 Å². The number of methoxy groups -OCH3 is 1. The molecule has 2 rings (SSSR count). The Kier molecular flexibility index (Phi) is 4.65. The van der Waals surface area contributed by atoms with Crippen LogP contribution in [-0.4, -0.2) is 32.0 Å². The summed E-state index contributed by atoms with van der Waals surface area (Å²) < 4.78 is 11.7. The third kappa shape index (κ3) is 3.05. The first-order chi connectivity index (χ1) is 8.69. The molecule has 4 heteroatoms. The van der Waals surface area contributed by atoms with E-state index in [1.54, 1.807) is 7.11 Å². The highest BCUT2D eigenvalue weighted by Crippen LogP contribution is 2.34. The first-order valence-electron chi connectivity index (χ1n) is 6.20. The van der Waals surface area contributed by atoms with Gasteiger partial charge < -0.3 is 14.6 Å². The number of benzene rings is 1. The van der Waals surface area contributed by atoms with E-state index in [0.29, 0.717) is 6.61 Å². The number of aliphatic hydroxyl groups excluding tert-OH is 1. The Bertz CT molecular complexity index is 400. The number of rotatable bonds is 4. The summed E-state index contributed by atoms with van der Waals surface area (Å²) in [5.41, 5.74) is 1.08. The maximum Gasteiger partial charge on any atom is 0.133 e. The SMILES string of the molecule is COc1ccc(CC2(CO)CCCOC2)cc1Br. The quantitative estimate of drug-likeness (QED) is 0.928. The Morgan fingerprint density at radius 2 is 2.33 bits per heavy atom. The van der Waals surface area contributed by atoms with Crippen molar-refractivity contribution in [2.75, 3.05) is 26.9 Å². The van der Waals surface area contributed by atoms with E-state index >= 15 is 0 Å². The Morgan fingerprint density at radius 1 is 1.50 bits per heavy atom. The Balaban J connectivity index is 2.14. The Hall–Kier alpha value is -0.580. The molecule has 1 N–H and O–H groups in total. The normalized spacial score (nSPS) is 23.9. The molecule has 0 radical (unpaired) electrons. The van der Waals surface area contributed by atoms with Crippen molar-refractivity contribution in [2.24, 2.45) is 5.41 Å². The molecule has 1 heterocycles. The maximum absolute atomic E-state index is 9.66. The summed E-state index contributed by atoms with van der Waals surface area (Å²) in [6.45, 7) is 1.64. The molecule has 0 amide bonds. The predicted octanol–water partition coefficient (Wildman–Crippen LogP) is 2.79. The molecule has 1 aromatic rings. The summed E-state index contributed by atoms with van der Waals surface area (Å²) in [6, 6.07) is 6.06. The summed E-state index contributed by atoms with van der Waals surface area (Å²) in [5.74, 6) is 0.830. The topological polar surface area (TPSA) is 38.7 Å². The van der Waals surface area contributed by atoms with Gasteiger partial charge >= 0.3 is 0 Å². The second-order valence-corrected chi connectivity index (χ2v) is 5.81. The zero-order valence-electron chi connectivity index (χ0n) is 10.6. The molecule has 0 aliphatic carbocycles. The fourth-order valence-electron chi connectivity index (χ4n) is 2.48. The lowest BCUT2D eigenvalue weighted by atomic mass is 9.78. The zero-order valence-corrected chi connectivity index (χ0v) is 12.2. The third-order valence-electron chi connectivity index (χ3n) is 3.53. The van der Waals surface area contributed by atoms with E-state index in [1.807, 2.05) is 6.07 Å². The highest BCUT2D eigenvalue weighted by molar-refractivity contribution is 9.10. The summed E-state index contributed by atoms with van der Waals surface area (Å²) in [6.07, 6.45) is 2.89. The molecule has 0 saturated carbocycles. The molecule has 0 aromatic heterocycles. The van der Waals surface area contributed by atoms with E-state index in [0.717, 1.165) is 36.1 Å². The maximum atomic E-state index is 9.66. The van der Waals surface area contributed by atoms with Crippen LogP contribution < -0.4 is 4.74 Å². The molecule has 3 nitrogen and oxygen atoms in total. The molecule has 1 aromatic carbocycles. The number of hydrogen-bond acceptors (Lipinski definition) is 3. The molecule has 1 aliphatic heterocycles. The highest BCUT2D eigenvalue weighted by Gasteiger charge is 2.32. The number of ether oxygens (including phenoxy) is 2. The van der Waals surface area contributed by atoms with Gasteiger partial charge in [-0.25, -0.2) is 0 Å². The molecule has 1 fully saturated rings. The number of hydrogen-bond donors (Lipinski definition) is 1. The van der Waals surface area contributed by atoms with E-state index in [9.17, 15) is 5.11 Å². The fourth-order valence-corrected chi connectivity index (χ4v) is 3.07. The minimum absolute atomic E-state index is 0.119. The van der Waals surface area contributed by atoms with Crippen LogP contribution in [0.4, 0.5) is 0 Å². The molecule has 0 spiro atoms. The zero-order chi connectivity index (χ0) is 13.0. The van der Waals surface area contributed by atoms with Crippen LogP contribution >= 0.6 is 15.9 Å². The Labute approximate surface area is 116 Å². The van der Waals surface area contributed by atoms with Gasteiger partial charge in [0.2, 0.25) is 0 Å². The molecule has 1 saturated heterocycles. The van der Waals surface area contributed by atoms with Crippen molar-refractivity contribution >= 4 is 15.9 Å². The minimum Gasteiger partial charge on any atom is -0.496 e. The lowest BCUT2D eigenvalue weighted by molar-refractivity contribution is -0.0379. The number of halogens is 1. The molecular weight excluding hydrogens is 296 g/mol. The largest absolute Gasteiger partial charge is 0.496 e. The average Bonchev–Trinajstić information content (AvgIpc) is 2.40. The van der Waals surface area contributed by atoms with Crippen molar-refractivity contribution in [3.8, 4) is 5.75 Å². The molecular formula is C14H19BrO3. The number of aliphatic hydroxyl groups is 1. The summed E-state index contributed by atoms with van der Waals surface area (Å²) in [5, 5.41) is 9.66. The van der Waals surface area contributed by atoms with Gasteiger partial charge in [0.05, 0.1) is 24.8 Å². The van der Waals surface area contributed by atoms with Crippen LogP contribution in [0, 0.1) is 5.41 Å². The van der Waals surface area contributed by atoms with Crippen LogP contribution in [-0.2, 0) is 11.2 Å². The van der Waals surface area contributed by atoms with Crippen molar-refractivity contribution in [1.82, 2.24) is 0 Å². The van der Waals surface area contributed by atoms with E-state index in [1.165, 1.54) is 5.56 Å². The van der Waals surface area contributed by atoms with Gasteiger partial charge in [0.1, 0.15) is 5.75 Å². The molecule has 1 unspecified atom stereocenters. The molecule has 1 atom stereocenters. The molecule has 0 bridgehead atoms.